The molecule has 0 bridgehead atoms. The van der Waals surface area contributed by atoms with Crippen molar-refractivity contribution in [3.8, 4) is 0 Å². The first-order valence-corrected chi connectivity index (χ1v) is 11.0. The van der Waals surface area contributed by atoms with Crippen LogP contribution >= 0.6 is 0 Å². The van der Waals surface area contributed by atoms with Gasteiger partial charge in [0.05, 0.1) is 11.0 Å². The average Bonchev–Trinajstić information content (AvgIpc) is 3.01. The molecule has 31 heavy (non-hydrogen) atoms. The average molecular weight is 433 g/mol. The molecule has 6 nitrogen and oxygen atoms in total. The lowest BCUT2D eigenvalue weighted by Crippen LogP contribution is -2.44. The van der Waals surface area contributed by atoms with Crippen molar-refractivity contribution in [3.05, 3.63) is 29.6 Å². The van der Waals surface area contributed by atoms with Gasteiger partial charge in [-0.3, -0.25) is 0 Å². The number of rotatable bonds is 5. The predicted octanol–water partition coefficient (Wildman–Crippen LogP) is 4.08. The summed E-state index contributed by atoms with van der Waals surface area (Å²) in [5.74, 6) is 2.18. The largest absolute Gasteiger partial charge is 0.327 e. The summed E-state index contributed by atoms with van der Waals surface area (Å²) in [5, 5.41) is 0. The minimum absolute atomic E-state index is 0.256. The Hall–Kier alpha value is -2.05. The van der Waals surface area contributed by atoms with E-state index in [1.165, 1.54) is 36.5 Å². The van der Waals surface area contributed by atoms with Gasteiger partial charge in [0.2, 0.25) is 0 Å². The van der Waals surface area contributed by atoms with Gasteiger partial charge in [0, 0.05) is 32.6 Å². The molecule has 1 aromatic carbocycles. The first-order chi connectivity index (χ1) is 14.6. The summed E-state index contributed by atoms with van der Waals surface area (Å²) in [4.78, 5) is 25.6. The number of benzene rings is 1. The second-order valence-corrected chi connectivity index (χ2v) is 9.67. The van der Waals surface area contributed by atoms with Crippen LogP contribution in [0, 0.1) is 18.3 Å². The lowest BCUT2D eigenvalue weighted by molar-refractivity contribution is -0.0987. The topological polar surface area (TPSA) is 58.4 Å². The third-order valence-electron chi connectivity index (χ3n) is 5.03. The zero-order valence-corrected chi connectivity index (χ0v) is 21.1. The summed E-state index contributed by atoms with van der Waals surface area (Å²) in [6.45, 7) is 23.4. The second-order valence-electron chi connectivity index (χ2n) is 9.67. The number of carbonyl (C=O) groups excluding carboxylic acids is 2. The van der Waals surface area contributed by atoms with Crippen molar-refractivity contribution in [2.45, 2.75) is 54.5 Å². The molecule has 0 N–H and O–H groups in total. The molecule has 0 unspecified atom stereocenters. The van der Waals surface area contributed by atoms with Crippen LogP contribution in [0.2, 0.25) is 0 Å². The number of likely N-dealkylation sites (N-methyl/N-ethyl adjacent to an activating group) is 1. The van der Waals surface area contributed by atoms with Crippen molar-refractivity contribution in [1.29, 1.82) is 0 Å². The normalized spacial score (nSPS) is 14.0. The van der Waals surface area contributed by atoms with Gasteiger partial charge < -0.3 is 24.0 Å². The molecule has 2 aromatic rings. The number of imidazole rings is 1. The van der Waals surface area contributed by atoms with Gasteiger partial charge in [0.1, 0.15) is 19.4 Å². The second kappa shape index (κ2) is 14.1. The highest BCUT2D eigenvalue weighted by molar-refractivity contribution is 5.76. The highest BCUT2D eigenvalue weighted by Crippen LogP contribution is 2.24. The summed E-state index contributed by atoms with van der Waals surface area (Å²) in [6, 6.07) is 6.57. The molecule has 0 atom stereocenters. The number of carbonyl (C=O) groups is 2. The van der Waals surface area contributed by atoms with Gasteiger partial charge in [0.25, 0.3) is 0 Å². The molecule has 6 heteroatoms. The van der Waals surface area contributed by atoms with Crippen molar-refractivity contribution >= 4 is 24.6 Å². The summed E-state index contributed by atoms with van der Waals surface area (Å²) in [5.41, 5.74) is 3.92. The Labute approximate surface area is 189 Å². The maximum absolute atomic E-state index is 8.00. The molecule has 3 rings (SSSR count). The third-order valence-corrected chi connectivity index (χ3v) is 5.03. The molecule has 0 amide bonds. The molecule has 0 aliphatic carbocycles. The van der Waals surface area contributed by atoms with E-state index in [4.69, 9.17) is 14.6 Å². The maximum Gasteiger partial charge on any atom is 0.110 e. The molecule has 1 aliphatic heterocycles. The predicted molar refractivity (Wildman–Crippen MR) is 132 cm³/mol. The van der Waals surface area contributed by atoms with Gasteiger partial charge in [-0.1, -0.05) is 40.7 Å². The van der Waals surface area contributed by atoms with Crippen LogP contribution in [-0.2, 0) is 22.6 Å². The molecule has 176 valence electrons. The SMILES string of the molecule is C=O.C=O.CCN1CC(C)C1.Cc1ccc2c(c1)nc(CC(C)(C)C)n2CCN(C)C. The molecule has 0 saturated carbocycles. The molecular formula is C25H44N4O2. The van der Waals surface area contributed by atoms with E-state index in [9.17, 15) is 0 Å². The molecule has 1 aromatic heterocycles. The Morgan fingerprint density at radius 3 is 2.13 bits per heavy atom. The zero-order chi connectivity index (χ0) is 24.2. The Kier molecular flexibility index (Phi) is 13.2. The molecule has 0 radical (unpaired) electrons. The van der Waals surface area contributed by atoms with E-state index < -0.39 is 0 Å². The van der Waals surface area contributed by atoms with Gasteiger partial charge in [-0.05, 0) is 56.6 Å². The van der Waals surface area contributed by atoms with E-state index in [1.54, 1.807) is 0 Å². The molecule has 1 saturated heterocycles. The number of nitrogens with zero attached hydrogens (tertiary/aromatic N) is 4. The number of aromatic nitrogens is 2. The maximum atomic E-state index is 8.00. The van der Waals surface area contributed by atoms with E-state index in [2.05, 4.69) is 88.2 Å². The smallest absolute Gasteiger partial charge is 0.110 e. The van der Waals surface area contributed by atoms with Crippen LogP contribution in [0.25, 0.3) is 11.0 Å². The quantitative estimate of drug-likeness (QED) is 0.712. The minimum Gasteiger partial charge on any atom is -0.327 e. The standard InChI is InChI=1S/C17H27N3.C6H13N.2CH2O/c1-13-7-8-15-14(11-13)18-16(12-17(2,3)4)20(15)10-9-19(5)6;1-3-7-4-6(2)5-7;2*1-2/h7-8,11H,9-10,12H2,1-6H3;6H,3-5H2,1-2H3;2*1H2. The van der Waals surface area contributed by atoms with Crippen molar-refractivity contribution in [2.75, 3.05) is 40.3 Å². The number of hydrogen-bond donors (Lipinski definition) is 0. The van der Waals surface area contributed by atoms with E-state index in [0.717, 1.165) is 30.9 Å². The van der Waals surface area contributed by atoms with Crippen molar-refractivity contribution < 1.29 is 9.59 Å². The lowest BCUT2D eigenvalue weighted by atomic mass is 9.92. The van der Waals surface area contributed by atoms with Gasteiger partial charge in [-0.2, -0.15) is 0 Å². The van der Waals surface area contributed by atoms with E-state index >= 15 is 0 Å². The summed E-state index contributed by atoms with van der Waals surface area (Å²) >= 11 is 0. The fourth-order valence-corrected chi connectivity index (χ4v) is 3.53. The fraction of sp³-hybridized carbons (Fsp3) is 0.640. The van der Waals surface area contributed by atoms with Crippen LogP contribution in [0.4, 0.5) is 0 Å². The number of hydrogen-bond acceptors (Lipinski definition) is 5. The fourth-order valence-electron chi connectivity index (χ4n) is 3.53. The highest BCUT2D eigenvalue weighted by Gasteiger charge is 2.19. The van der Waals surface area contributed by atoms with Gasteiger partial charge in [0.15, 0.2) is 0 Å². The lowest BCUT2D eigenvalue weighted by Gasteiger charge is -2.35. The van der Waals surface area contributed by atoms with Gasteiger partial charge in [-0.25, -0.2) is 4.98 Å². The third kappa shape index (κ3) is 10.2. The molecular weight excluding hydrogens is 388 g/mol. The van der Waals surface area contributed by atoms with Gasteiger partial charge in [-0.15, -0.1) is 0 Å². The van der Waals surface area contributed by atoms with Crippen molar-refractivity contribution in [2.24, 2.45) is 11.3 Å². The van der Waals surface area contributed by atoms with Crippen molar-refractivity contribution in [3.63, 3.8) is 0 Å². The van der Waals surface area contributed by atoms with Gasteiger partial charge >= 0.3 is 0 Å². The summed E-state index contributed by atoms with van der Waals surface area (Å²) < 4.78 is 2.39. The molecule has 2 heterocycles. The van der Waals surface area contributed by atoms with Crippen LogP contribution in [0.3, 0.4) is 0 Å². The zero-order valence-electron chi connectivity index (χ0n) is 21.1. The first kappa shape index (κ1) is 28.9. The van der Waals surface area contributed by atoms with E-state index in [1.807, 2.05) is 13.6 Å². The number of fused-ring (bicyclic) bond motifs is 1. The van der Waals surface area contributed by atoms with Crippen LogP contribution in [0.15, 0.2) is 18.2 Å². The first-order valence-electron chi connectivity index (χ1n) is 11.0. The Bertz CT molecular complexity index is 757. The van der Waals surface area contributed by atoms with E-state index in [-0.39, 0.29) is 5.41 Å². The summed E-state index contributed by atoms with van der Waals surface area (Å²) in [7, 11) is 4.24. The molecule has 1 fully saturated rings. The van der Waals surface area contributed by atoms with Crippen molar-refractivity contribution in [1.82, 2.24) is 19.4 Å². The highest BCUT2D eigenvalue weighted by atomic mass is 16.1. The van der Waals surface area contributed by atoms with Crippen LogP contribution in [-0.4, -0.2) is 73.2 Å². The Morgan fingerprint density at radius 1 is 1.13 bits per heavy atom. The molecule has 1 aliphatic rings. The van der Waals surface area contributed by atoms with Crippen LogP contribution < -0.4 is 0 Å². The van der Waals surface area contributed by atoms with Crippen LogP contribution in [0.5, 0.6) is 0 Å². The summed E-state index contributed by atoms with van der Waals surface area (Å²) in [6.07, 6.45) is 1.01. The van der Waals surface area contributed by atoms with Crippen LogP contribution in [0.1, 0.15) is 46.0 Å². The minimum atomic E-state index is 0.256. The van der Waals surface area contributed by atoms with E-state index in [0.29, 0.717) is 0 Å². The number of likely N-dealkylation sites (tertiary alicyclic amines) is 1. The Balaban J connectivity index is 0.000000681. The monoisotopic (exact) mass is 432 g/mol. The Morgan fingerprint density at radius 2 is 1.71 bits per heavy atom. The number of aryl methyl sites for hydroxylation is 1. The molecule has 0 spiro atoms.